The van der Waals surface area contributed by atoms with Crippen LogP contribution in [0.2, 0.25) is 0 Å². The van der Waals surface area contributed by atoms with Gasteiger partial charge in [0.25, 0.3) is 0 Å². The molecule has 1 heterocycles. The standard InChI is InChI=1S/C16H23BrN2O2.C6H5F/c1-12(13-5-7-14(17)8-6-13)19-10-9-15(18-16(19)20)4-3-11-21-2;7-6-4-2-1-3-5-6/h5-8,12,15H,3-4,9-11H2,1-2H3,(H,18,20);1-5H. The zero-order valence-electron chi connectivity index (χ0n) is 16.4. The molecule has 0 radical (unpaired) electrons. The summed E-state index contributed by atoms with van der Waals surface area (Å²) in [5, 5.41) is 3.11. The predicted molar refractivity (Wildman–Crippen MR) is 114 cm³/mol. The number of nitrogens with zero attached hydrogens (tertiary/aromatic N) is 1. The molecule has 28 heavy (non-hydrogen) atoms. The minimum atomic E-state index is -0.178. The van der Waals surface area contributed by atoms with Gasteiger partial charge in [0.15, 0.2) is 0 Å². The van der Waals surface area contributed by atoms with E-state index in [1.54, 1.807) is 25.3 Å². The highest BCUT2D eigenvalue weighted by Crippen LogP contribution is 2.25. The van der Waals surface area contributed by atoms with Crippen molar-refractivity contribution in [3.8, 4) is 0 Å². The molecule has 2 unspecified atom stereocenters. The molecule has 2 aromatic carbocycles. The van der Waals surface area contributed by atoms with E-state index in [1.165, 1.54) is 12.1 Å². The average molecular weight is 451 g/mol. The van der Waals surface area contributed by atoms with Crippen molar-refractivity contribution in [2.75, 3.05) is 20.3 Å². The van der Waals surface area contributed by atoms with Gasteiger partial charge in [-0.3, -0.25) is 0 Å². The summed E-state index contributed by atoms with van der Waals surface area (Å²) in [5.74, 6) is -0.178. The molecule has 0 aliphatic carbocycles. The van der Waals surface area contributed by atoms with Crippen LogP contribution >= 0.6 is 15.9 Å². The number of rotatable bonds is 6. The van der Waals surface area contributed by atoms with Gasteiger partial charge in [0, 0.05) is 30.8 Å². The summed E-state index contributed by atoms with van der Waals surface area (Å²) in [6, 6.07) is 16.5. The summed E-state index contributed by atoms with van der Waals surface area (Å²) in [6.07, 6.45) is 2.97. The van der Waals surface area contributed by atoms with Crippen molar-refractivity contribution in [2.45, 2.75) is 38.3 Å². The molecular weight excluding hydrogens is 423 g/mol. The highest BCUT2D eigenvalue weighted by Gasteiger charge is 2.28. The minimum absolute atomic E-state index is 0.0408. The van der Waals surface area contributed by atoms with Gasteiger partial charge in [-0.1, -0.05) is 46.3 Å². The first-order chi connectivity index (χ1) is 13.5. The fourth-order valence-electron chi connectivity index (χ4n) is 3.12. The van der Waals surface area contributed by atoms with Gasteiger partial charge in [-0.15, -0.1) is 0 Å². The van der Waals surface area contributed by atoms with Crippen molar-refractivity contribution in [1.82, 2.24) is 10.2 Å². The second-order valence-corrected chi connectivity index (χ2v) is 7.70. The van der Waals surface area contributed by atoms with Crippen molar-refractivity contribution in [1.29, 1.82) is 0 Å². The largest absolute Gasteiger partial charge is 0.385 e. The lowest BCUT2D eigenvalue weighted by Gasteiger charge is -2.37. The molecule has 152 valence electrons. The number of benzene rings is 2. The van der Waals surface area contributed by atoms with E-state index in [4.69, 9.17) is 4.74 Å². The fourth-order valence-corrected chi connectivity index (χ4v) is 3.39. The Morgan fingerprint density at radius 2 is 1.89 bits per heavy atom. The van der Waals surface area contributed by atoms with E-state index in [0.29, 0.717) is 0 Å². The van der Waals surface area contributed by atoms with Crippen LogP contribution in [0.5, 0.6) is 0 Å². The Bertz CT molecular complexity index is 712. The molecule has 1 N–H and O–H groups in total. The second kappa shape index (κ2) is 11.8. The number of hydrogen-bond acceptors (Lipinski definition) is 2. The average Bonchev–Trinajstić information content (AvgIpc) is 2.69. The van der Waals surface area contributed by atoms with Gasteiger partial charge >= 0.3 is 6.03 Å². The molecule has 0 saturated carbocycles. The maximum absolute atomic E-state index is 12.3. The number of carbonyl (C=O) groups is 1. The van der Waals surface area contributed by atoms with Gasteiger partial charge in [0.05, 0.1) is 6.04 Å². The van der Waals surface area contributed by atoms with E-state index in [0.717, 1.165) is 42.5 Å². The molecule has 0 bridgehead atoms. The number of amides is 2. The van der Waals surface area contributed by atoms with Gasteiger partial charge < -0.3 is 15.0 Å². The SMILES string of the molecule is COCCCC1CCN(C(C)c2ccc(Br)cc2)C(=O)N1.Fc1ccccc1. The third-order valence-corrected chi connectivity index (χ3v) is 5.29. The van der Waals surface area contributed by atoms with Gasteiger partial charge in [0.1, 0.15) is 5.82 Å². The Morgan fingerprint density at radius 1 is 1.21 bits per heavy atom. The van der Waals surface area contributed by atoms with Crippen LogP contribution in [0.25, 0.3) is 0 Å². The molecule has 1 fully saturated rings. The lowest BCUT2D eigenvalue weighted by Crippen LogP contribution is -2.52. The number of hydrogen-bond donors (Lipinski definition) is 1. The quantitative estimate of drug-likeness (QED) is 0.586. The lowest BCUT2D eigenvalue weighted by atomic mass is 10.0. The Hall–Kier alpha value is -1.92. The van der Waals surface area contributed by atoms with Crippen LogP contribution in [-0.4, -0.2) is 37.2 Å². The third kappa shape index (κ3) is 7.24. The van der Waals surface area contributed by atoms with Crippen molar-refractivity contribution >= 4 is 22.0 Å². The molecule has 0 aromatic heterocycles. The summed E-state index contributed by atoms with van der Waals surface area (Å²) < 4.78 is 18.0. The lowest BCUT2D eigenvalue weighted by molar-refractivity contribution is 0.146. The highest BCUT2D eigenvalue weighted by molar-refractivity contribution is 9.10. The molecule has 1 saturated heterocycles. The summed E-state index contributed by atoms with van der Waals surface area (Å²) in [4.78, 5) is 14.2. The van der Waals surface area contributed by atoms with E-state index in [1.807, 2.05) is 17.0 Å². The Morgan fingerprint density at radius 3 is 2.43 bits per heavy atom. The molecule has 1 aliphatic heterocycles. The fraction of sp³-hybridized carbons (Fsp3) is 0.409. The topological polar surface area (TPSA) is 41.6 Å². The smallest absolute Gasteiger partial charge is 0.318 e. The van der Waals surface area contributed by atoms with Crippen molar-refractivity contribution in [2.24, 2.45) is 0 Å². The first kappa shape index (κ1) is 22.4. The van der Waals surface area contributed by atoms with Crippen LogP contribution < -0.4 is 5.32 Å². The van der Waals surface area contributed by atoms with E-state index < -0.39 is 0 Å². The minimum Gasteiger partial charge on any atom is -0.385 e. The van der Waals surface area contributed by atoms with Crippen molar-refractivity contribution in [3.63, 3.8) is 0 Å². The maximum atomic E-state index is 12.3. The van der Waals surface area contributed by atoms with E-state index >= 15 is 0 Å². The van der Waals surface area contributed by atoms with Gasteiger partial charge in [0.2, 0.25) is 0 Å². The molecule has 2 atom stereocenters. The van der Waals surface area contributed by atoms with Gasteiger partial charge in [-0.2, -0.15) is 0 Å². The van der Waals surface area contributed by atoms with Gasteiger partial charge in [-0.25, -0.2) is 9.18 Å². The van der Waals surface area contributed by atoms with E-state index in [9.17, 15) is 9.18 Å². The van der Waals surface area contributed by atoms with Crippen LogP contribution in [0.1, 0.15) is 37.8 Å². The number of methoxy groups -OCH3 is 1. The number of carbonyl (C=O) groups excluding carboxylic acids is 1. The molecule has 3 rings (SSSR count). The highest BCUT2D eigenvalue weighted by atomic mass is 79.9. The van der Waals surface area contributed by atoms with Crippen LogP contribution in [-0.2, 0) is 4.74 Å². The molecule has 4 nitrogen and oxygen atoms in total. The molecular formula is C22H28BrFN2O2. The Labute approximate surface area is 175 Å². The number of halogens is 2. The number of urea groups is 1. The monoisotopic (exact) mass is 450 g/mol. The Balaban J connectivity index is 0.000000336. The zero-order chi connectivity index (χ0) is 20.4. The predicted octanol–water partition coefficient (Wildman–Crippen LogP) is 5.55. The third-order valence-electron chi connectivity index (χ3n) is 4.76. The summed E-state index contributed by atoms with van der Waals surface area (Å²) in [5.41, 5.74) is 1.16. The van der Waals surface area contributed by atoms with Crippen LogP contribution in [0.3, 0.4) is 0 Å². The summed E-state index contributed by atoms with van der Waals surface area (Å²) >= 11 is 3.44. The normalized spacial score (nSPS) is 17.4. The van der Waals surface area contributed by atoms with Gasteiger partial charge in [-0.05, 0) is 56.0 Å². The molecule has 2 aromatic rings. The van der Waals surface area contributed by atoms with Crippen LogP contribution in [0.15, 0.2) is 59.1 Å². The van der Waals surface area contributed by atoms with Crippen molar-refractivity contribution in [3.05, 3.63) is 70.5 Å². The first-order valence-electron chi connectivity index (χ1n) is 9.53. The number of ether oxygens (including phenoxy) is 1. The zero-order valence-corrected chi connectivity index (χ0v) is 18.0. The number of nitrogens with one attached hydrogen (secondary N) is 1. The summed E-state index contributed by atoms with van der Waals surface area (Å²) in [7, 11) is 1.71. The van der Waals surface area contributed by atoms with E-state index in [-0.39, 0.29) is 23.9 Å². The summed E-state index contributed by atoms with van der Waals surface area (Å²) in [6.45, 7) is 3.64. The molecule has 1 aliphatic rings. The van der Waals surface area contributed by atoms with Crippen LogP contribution in [0, 0.1) is 5.82 Å². The second-order valence-electron chi connectivity index (χ2n) is 6.79. The van der Waals surface area contributed by atoms with Crippen molar-refractivity contribution < 1.29 is 13.9 Å². The molecule has 2 amide bonds. The first-order valence-corrected chi connectivity index (χ1v) is 10.3. The van der Waals surface area contributed by atoms with Crippen LogP contribution in [0.4, 0.5) is 9.18 Å². The Kier molecular flexibility index (Phi) is 9.44. The molecule has 6 heteroatoms. The maximum Gasteiger partial charge on any atom is 0.318 e. The molecule has 0 spiro atoms. The van der Waals surface area contributed by atoms with E-state index in [2.05, 4.69) is 40.3 Å².